The largest absolute Gasteiger partial charge is 0.394 e. The van der Waals surface area contributed by atoms with E-state index in [1.165, 1.54) is 12.1 Å². The van der Waals surface area contributed by atoms with Crippen molar-refractivity contribution >= 4 is 40.0 Å². The molecule has 10 heteroatoms. The summed E-state index contributed by atoms with van der Waals surface area (Å²) in [4.78, 5) is 27.3. The molecule has 9 nitrogen and oxygen atoms in total. The summed E-state index contributed by atoms with van der Waals surface area (Å²) in [5.74, 6) is 0.268. The van der Waals surface area contributed by atoms with Gasteiger partial charge in [0.15, 0.2) is 0 Å². The van der Waals surface area contributed by atoms with Crippen LogP contribution in [0.4, 0.5) is 27.5 Å². The molecule has 3 heterocycles. The van der Waals surface area contributed by atoms with E-state index in [0.717, 1.165) is 5.82 Å². The van der Waals surface area contributed by atoms with Gasteiger partial charge in [-0.3, -0.25) is 4.79 Å². The van der Waals surface area contributed by atoms with E-state index in [1.807, 2.05) is 12.1 Å². The molecule has 0 aliphatic carbocycles. The number of carbonyl (C=O) groups excluding carboxylic acids is 1. The lowest BCUT2D eigenvalue weighted by atomic mass is 10.0. The Kier molecular flexibility index (Phi) is 7.02. The molecule has 1 aliphatic heterocycles. The second-order valence-corrected chi connectivity index (χ2v) is 8.48. The predicted molar refractivity (Wildman–Crippen MR) is 140 cm³/mol. The first-order chi connectivity index (χ1) is 18.0. The van der Waals surface area contributed by atoms with Crippen LogP contribution in [0.3, 0.4) is 0 Å². The number of aliphatic hydroxyl groups excluding tert-OH is 1. The molecule has 2 aromatic heterocycles. The van der Waals surface area contributed by atoms with Gasteiger partial charge in [0, 0.05) is 35.9 Å². The molecule has 1 amide bonds. The van der Waals surface area contributed by atoms with Gasteiger partial charge >= 0.3 is 0 Å². The number of amides is 1. The first kappa shape index (κ1) is 24.3. The fraction of sp³-hybridized carbons (Fsp3) is 0.185. The van der Waals surface area contributed by atoms with Crippen LogP contribution in [0.15, 0.2) is 73.6 Å². The third kappa shape index (κ3) is 5.40. The van der Waals surface area contributed by atoms with Crippen LogP contribution in [-0.4, -0.2) is 58.4 Å². The number of halogens is 1. The number of hydrogen-bond donors (Lipinski definition) is 3. The highest BCUT2D eigenvalue weighted by Gasteiger charge is 2.21. The second kappa shape index (κ2) is 10.7. The van der Waals surface area contributed by atoms with Crippen LogP contribution in [0, 0.1) is 5.82 Å². The number of hydrogen-bond acceptors (Lipinski definition) is 8. The van der Waals surface area contributed by atoms with Crippen molar-refractivity contribution in [3.63, 3.8) is 0 Å². The normalized spacial score (nSPS) is 15.4. The number of anilines is 4. The van der Waals surface area contributed by atoms with Crippen molar-refractivity contribution in [1.82, 2.24) is 15.0 Å². The van der Waals surface area contributed by atoms with Gasteiger partial charge in [0.05, 0.1) is 36.7 Å². The summed E-state index contributed by atoms with van der Waals surface area (Å²) in [6, 6.07) is 13.6. The van der Waals surface area contributed by atoms with Crippen LogP contribution < -0.4 is 15.5 Å². The topological polar surface area (TPSA) is 113 Å². The van der Waals surface area contributed by atoms with E-state index in [1.54, 1.807) is 42.7 Å². The average molecular weight is 501 g/mol. The molecular weight excluding hydrogens is 475 g/mol. The van der Waals surface area contributed by atoms with Gasteiger partial charge in [0.2, 0.25) is 11.9 Å². The van der Waals surface area contributed by atoms with Crippen LogP contribution in [0.1, 0.15) is 0 Å². The number of rotatable bonds is 7. The summed E-state index contributed by atoms with van der Waals surface area (Å²) in [6.07, 6.45) is 4.24. The molecule has 1 aliphatic rings. The maximum Gasteiger partial charge on any atom is 0.247 e. The molecule has 1 fully saturated rings. The highest BCUT2D eigenvalue weighted by atomic mass is 19.1. The fourth-order valence-corrected chi connectivity index (χ4v) is 4.17. The molecule has 5 rings (SSSR count). The summed E-state index contributed by atoms with van der Waals surface area (Å²) in [7, 11) is 0. The molecular formula is C27H25FN6O3. The van der Waals surface area contributed by atoms with Crippen LogP contribution >= 0.6 is 0 Å². The number of pyridine rings is 1. The highest BCUT2D eigenvalue weighted by molar-refractivity contribution is 6.00. The molecule has 1 atom stereocenters. The van der Waals surface area contributed by atoms with Crippen LogP contribution in [-0.2, 0) is 9.53 Å². The van der Waals surface area contributed by atoms with Gasteiger partial charge in [-0.2, -0.15) is 0 Å². The van der Waals surface area contributed by atoms with Crippen molar-refractivity contribution in [2.75, 3.05) is 41.8 Å². The van der Waals surface area contributed by atoms with E-state index in [2.05, 4.69) is 37.1 Å². The molecule has 3 N–H and O–H groups in total. The van der Waals surface area contributed by atoms with Crippen molar-refractivity contribution in [2.45, 2.75) is 6.10 Å². The van der Waals surface area contributed by atoms with Gasteiger partial charge in [0.25, 0.3) is 0 Å². The molecule has 2 aromatic carbocycles. The third-order valence-corrected chi connectivity index (χ3v) is 5.98. The standard InChI is InChI=1S/C27H25FN6O3/c1-2-24(36)31-19-5-3-4-17(12-19)25-22(28)8-6-18-13-30-27(33-26(18)25)32-20-7-9-23(29-14-20)34-10-11-37-21(15-34)16-35/h2-9,12-14,21,35H,1,10-11,15-16H2,(H,31,36)(H,30,32,33). The second-order valence-electron chi connectivity index (χ2n) is 8.48. The molecule has 37 heavy (non-hydrogen) atoms. The number of fused-ring (bicyclic) bond motifs is 1. The Morgan fingerprint density at radius 1 is 1.19 bits per heavy atom. The SMILES string of the molecule is C=CC(=O)Nc1cccc(-c2c(F)ccc3cnc(Nc4ccc(N5CCOC(CO)C5)nc4)nc23)c1. The minimum atomic E-state index is -0.443. The van der Waals surface area contributed by atoms with Gasteiger partial charge in [-0.1, -0.05) is 18.7 Å². The van der Waals surface area contributed by atoms with Gasteiger partial charge in [-0.25, -0.2) is 19.3 Å². The van der Waals surface area contributed by atoms with E-state index in [9.17, 15) is 9.90 Å². The Bertz CT molecular complexity index is 1450. The van der Waals surface area contributed by atoms with Crippen molar-refractivity contribution < 1.29 is 19.0 Å². The van der Waals surface area contributed by atoms with Crippen LogP contribution in [0.5, 0.6) is 0 Å². The van der Waals surface area contributed by atoms with Gasteiger partial charge in [0.1, 0.15) is 11.6 Å². The number of nitrogens with zero attached hydrogens (tertiary/aromatic N) is 4. The maximum absolute atomic E-state index is 15.1. The van der Waals surface area contributed by atoms with E-state index in [0.29, 0.717) is 53.1 Å². The number of carbonyl (C=O) groups is 1. The molecule has 188 valence electrons. The average Bonchev–Trinajstić information content (AvgIpc) is 2.93. The fourth-order valence-electron chi connectivity index (χ4n) is 4.17. The monoisotopic (exact) mass is 500 g/mol. The Labute approximate surface area is 212 Å². The molecule has 0 radical (unpaired) electrons. The van der Waals surface area contributed by atoms with Crippen LogP contribution in [0.25, 0.3) is 22.0 Å². The molecule has 4 aromatic rings. The molecule has 1 saturated heterocycles. The first-order valence-corrected chi connectivity index (χ1v) is 11.7. The molecule has 0 bridgehead atoms. The Hall–Kier alpha value is -4.41. The van der Waals surface area contributed by atoms with Gasteiger partial charge < -0.3 is 25.4 Å². The molecule has 1 unspecified atom stereocenters. The third-order valence-electron chi connectivity index (χ3n) is 5.98. The van der Waals surface area contributed by atoms with Crippen molar-refractivity contribution in [3.05, 3.63) is 79.4 Å². The van der Waals surface area contributed by atoms with E-state index in [-0.39, 0.29) is 24.6 Å². The summed E-state index contributed by atoms with van der Waals surface area (Å²) >= 11 is 0. The van der Waals surface area contributed by atoms with E-state index < -0.39 is 5.82 Å². The minimum Gasteiger partial charge on any atom is -0.394 e. The lowest BCUT2D eigenvalue weighted by molar-refractivity contribution is -0.111. The Balaban J connectivity index is 1.42. The van der Waals surface area contributed by atoms with E-state index in [4.69, 9.17) is 4.74 Å². The number of morpholine rings is 1. The lowest BCUT2D eigenvalue weighted by Crippen LogP contribution is -2.44. The zero-order valence-electron chi connectivity index (χ0n) is 19.9. The Morgan fingerprint density at radius 2 is 2.08 bits per heavy atom. The number of aromatic nitrogens is 3. The molecule has 0 saturated carbocycles. The smallest absolute Gasteiger partial charge is 0.247 e. The van der Waals surface area contributed by atoms with Crippen LogP contribution in [0.2, 0.25) is 0 Å². The zero-order valence-corrected chi connectivity index (χ0v) is 19.9. The number of ether oxygens (including phenoxy) is 1. The number of benzene rings is 2. The summed E-state index contributed by atoms with van der Waals surface area (Å²) in [5, 5.41) is 15.9. The van der Waals surface area contributed by atoms with Crippen molar-refractivity contribution in [3.8, 4) is 11.1 Å². The Morgan fingerprint density at radius 3 is 2.86 bits per heavy atom. The quantitative estimate of drug-likeness (QED) is 0.328. The zero-order chi connectivity index (χ0) is 25.8. The minimum absolute atomic E-state index is 0.0359. The lowest BCUT2D eigenvalue weighted by Gasteiger charge is -2.32. The van der Waals surface area contributed by atoms with Gasteiger partial charge in [-0.15, -0.1) is 0 Å². The first-order valence-electron chi connectivity index (χ1n) is 11.7. The van der Waals surface area contributed by atoms with Gasteiger partial charge in [-0.05, 0) is 48.0 Å². The highest BCUT2D eigenvalue weighted by Crippen LogP contribution is 2.32. The number of nitrogens with one attached hydrogen (secondary N) is 2. The maximum atomic E-state index is 15.1. The summed E-state index contributed by atoms with van der Waals surface area (Å²) in [5.41, 5.74) is 2.48. The predicted octanol–water partition coefficient (Wildman–Crippen LogP) is 3.90. The van der Waals surface area contributed by atoms with Crippen molar-refractivity contribution in [1.29, 1.82) is 0 Å². The summed E-state index contributed by atoms with van der Waals surface area (Å²) in [6.45, 7) is 5.20. The number of aliphatic hydroxyl groups is 1. The summed E-state index contributed by atoms with van der Waals surface area (Å²) < 4.78 is 20.6. The molecule has 0 spiro atoms. The van der Waals surface area contributed by atoms with E-state index >= 15 is 4.39 Å². The van der Waals surface area contributed by atoms with Crippen molar-refractivity contribution in [2.24, 2.45) is 0 Å².